The molecule has 2 unspecified atom stereocenters. The third-order valence-electron chi connectivity index (χ3n) is 3.07. The van der Waals surface area contributed by atoms with E-state index in [-0.39, 0.29) is 6.04 Å². The van der Waals surface area contributed by atoms with Crippen LogP contribution in [0.3, 0.4) is 0 Å². The van der Waals surface area contributed by atoms with Gasteiger partial charge in [0.2, 0.25) is 0 Å². The highest BCUT2D eigenvalue weighted by molar-refractivity contribution is 5.01. The van der Waals surface area contributed by atoms with E-state index in [0.717, 1.165) is 18.5 Å². The Balaban J connectivity index is 2.46. The number of hydrogen-bond acceptors (Lipinski definition) is 2. The lowest BCUT2D eigenvalue weighted by molar-refractivity contribution is 0.444. The van der Waals surface area contributed by atoms with E-state index in [9.17, 15) is 0 Å². The molecule has 0 aliphatic rings. The van der Waals surface area contributed by atoms with E-state index in [1.807, 2.05) is 10.9 Å². The van der Waals surface area contributed by atoms with Gasteiger partial charge in [-0.1, -0.05) is 20.3 Å². The summed E-state index contributed by atoms with van der Waals surface area (Å²) < 4.78 is 1.99. The van der Waals surface area contributed by atoms with Crippen molar-refractivity contribution >= 4 is 0 Å². The predicted molar refractivity (Wildman–Crippen MR) is 68.4 cm³/mol. The Hall–Kier alpha value is -0.830. The van der Waals surface area contributed by atoms with Gasteiger partial charge in [0.1, 0.15) is 0 Å². The van der Waals surface area contributed by atoms with Crippen LogP contribution in [-0.4, -0.2) is 15.8 Å². The average molecular weight is 223 g/mol. The largest absolute Gasteiger partial charge is 0.327 e. The average Bonchev–Trinajstić information content (AvgIpc) is 2.65. The zero-order valence-electron chi connectivity index (χ0n) is 11.0. The van der Waals surface area contributed by atoms with Crippen LogP contribution in [0.1, 0.15) is 52.3 Å². The highest BCUT2D eigenvalue weighted by Gasteiger charge is 2.10. The lowest BCUT2D eigenvalue weighted by atomic mass is 9.97. The van der Waals surface area contributed by atoms with E-state index in [4.69, 9.17) is 5.73 Å². The van der Waals surface area contributed by atoms with Crippen LogP contribution in [0.4, 0.5) is 0 Å². The van der Waals surface area contributed by atoms with Gasteiger partial charge in [-0.3, -0.25) is 4.68 Å². The Morgan fingerprint density at radius 1 is 1.38 bits per heavy atom. The SMILES string of the molecule is CCC(C)CC(N)Cc1ccn(C(C)C)n1. The van der Waals surface area contributed by atoms with Gasteiger partial charge in [-0.25, -0.2) is 0 Å². The van der Waals surface area contributed by atoms with Crippen LogP contribution in [-0.2, 0) is 6.42 Å². The number of nitrogens with two attached hydrogens (primary N) is 1. The van der Waals surface area contributed by atoms with Crippen molar-refractivity contribution in [2.24, 2.45) is 11.7 Å². The topological polar surface area (TPSA) is 43.8 Å². The monoisotopic (exact) mass is 223 g/mol. The molecular weight excluding hydrogens is 198 g/mol. The molecular formula is C13H25N3. The molecule has 0 fully saturated rings. The molecule has 92 valence electrons. The van der Waals surface area contributed by atoms with Crippen LogP contribution >= 0.6 is 0 Å². The highest BCUT2D eigenvalue weighted by Crippen LogP contribution is 2.12. The summed E-state index contributed by atoms with van der Waals surface area (Å²) in [6.45, 7) is 8.74. The summed E-state index contributed by atoms with van der Waals surface area (Å²) in [5.74, 6) is 0.710. The molecule has 1 aromatic heterocycles. The molecule has 0 radical (unpaired) electrons. The van der Waals surface area contributed by atoms with Gasteiger partial charge in [0.25, 0.3) is 0 Å². The molecule has 0 aromatic carbocycles. The Labute approximate surface area is 99.0 Å². The molecule has 0 aliphatic carbocycles. The Morgan fingerprint density at radius 2 is 2.06 bits per heavy atom. The van der Waals surface area contributed by atoms with Crippen LogP contribution in [0, 0.1) is 5.92 Å². The summed E-state index contributed by atoms with van der Waals surface area (Å²) in [6.07, 6.45) is 5.22. The van der Waals surface area contributed by atoms with Crippen molar-refractivity contribution in [2.75, 3.05) is 0 Å². The first-order chi connectivity index (χ1) is 7.52. The lowest BCUT2D eigenvalue weighted by Gasteiger charge is -2.14. The summed E-state index contributed by atoms with van der Waals surface area (Å²) in [4.78, 5) is 0. The first-order valence-electron chi connectivity index (χ1n) is 6.32. The molecule has 3 nitrogen and oxygen atoms in total. The van der Waals surface area contributed by atoms with Crippen LogP contribution in [0.15, 0.2) is 12.3 Å². The first-order valence-corrected chi connectivity index (χ1v) is 6.32. The van der Waals surface area contributed by atoms with Gasteiger partial charge < -0.3 is 5.73 Å². The van der Waals surface area contributed by atoms with Crippen molar-refractivity contribution in [3.8, 4) is 0 Å². The number of aromatic nitrogens is 2. The second-order valence-electron chi connectivity index (χ2n) is 5.09. The molecule has 0 spiro atoms. The van der Waals surface area contributed by atoms with Crippen LogP contribution < -0.4 is 5.73 Å². The van der Waals surface area contributed by atoms with Crippen molar-refractivity contribution in [3.63, 3.8) is 0 Å². The van der Waals surface area contributed by atoms with E-state index in [1.54, 1.807) is 0 Å². The molecule has 1 rings (SSSR count). The molecule has 0 saturated heterocycles. The summed E-state index contributed by atoms with van der Waals surface area (Å²) in [5.41, 5.74) is 7.23. The first kappa shape index (κ1) is 13.2. The third-order valence-corrected chi connectivity index (χ3v) is 3.07. The maximum absolute atomic E-state index is 6.12. The maximum atomic E-state index is 6.12. The Kier molecular flexibility index (Phi) is 5.00. The molecule has 3 heteroatoms. The smallest absolute Gasteiger partial charge is 0.0640 e. The molecule has 0 bridgehead atoms. The summed E-state index contributed by atoms with van der Waals surface area (Å²) >= 11 is 0. The van der Waals surface area contributed by atoms with Gasteiger partial charge in [-0.2, -0.15) is 5.10 Å². The quantitative estimate of drug-likeness (QED) is 0.806. The minimum atomic E-state index is 0.241. The van der Waals surface area contributed by atoms with Gasteiger partial charge in [-0.05, 0) is 32.3 Å². The number of nitrogens with zero attached hydrogens (tertiary/aromatic N) is 2. The maximum Gasteiger partial charge on any atom is 0.0640 e. The second kappa shape index (κ2) is 6.04. The molecule has 0 saturated carbocycles. The Bertz CT molecular complexity index is 304. The van der Waals surface area contributed by atoms with Crippen molar-refractivity contribution in [3.05, 3.63) is 18.0 Å². The van der Waals surface area contributed by atoms with Gasteiger partial charge in [0.15, 0.2) is 0 Å². The summed E-state index contributed by atoms with van der Waals surface area (Å²) in [6, 6.07) is 2.75. The van der Waals surface area contributed by atoms with Gasteiger partial charge in [0.05, 0.1) is 5.69 Å². The molecule has 0 amide bonds. The number of rotatable bonds is 6. The molecule has 1 aromatic rings. The van der Waals surface area contributed by atoms with Crippen molar-refractivity contribution in [1.29, 1.82) is 0 Å². The summed E-state index contributed by atoms with van der Waals surface area (Å²) in [5, 5.41) is 4.52. The fourth-order valence-electron chi connectivity index (χ4n) is 1.81. The molecule has 2 N–H and O–H groups in total. The molecule has 16 heavy (non-hydrogen) atoms. The minimum Gasteiger partial charge on any atom is -0.327 e. The van der Waals surface area contributed by atoms with Crippen molar-refractivity contribution in [1.82, 2.24) is 9.78 Å². The lowest BCUT2D eigenvalue weighted by Crippen LogP contribution is -2.25. The molecule has 0 aliphatic heterocycles. The van der Waals surface area contributed by atoms with E-state index in [2.05, 4.69) is 38.9 Å². The standard InChI is InChI=1S/C13H25N3/c1-5-11(4)8-12(14)9-13-6-7-16(15-13)10(2)3/h6-7,10-12H,5,8-9,14H2,1-4H3. The van der Waals surface area contributed by atoms with Gasteiger partial charge in [0, 0.05) is 24.7 Å². The van der Waals surface area contributed by atoms with Gasteiger partial charge >= 0.3 is 0 Å². The molecule has 1 heterocycles. The third kappa shape index (κ3) is 3.97. The van der Waals surface area contributed by atoms with E-state index >= 15 is 0 Å². The predicted octanol–water partition coefficient (Wildman–Crippen LogP) is 2.77. The normalized spacial score (nSPS) is 15.4. The van der Waals surface area contributed by atoms with Crippen molar-refractivity contribution in [2.45, 2.75) is 59.0 Å². The van der Waals surface area contributed by atoms with Crippen molar-refractivity contribution < 1.29 is 0 Å². The zero-order chi connectivity index (χ0) is 12.1. The number of hydrogen-bond donors (Lipinski definition) is 1. The van der Waals surface area contributed by atoms with E-state index in [0.29, 0.717) is 12.0 Å². The second-order valence-corrected chi connectivity index (χ2v) is 5.09. The molecule has 2 atom stereocenters. The van der Waals surface area contributed by atoms with Crippen LogP contribution in [0.25, 0.3) is 0 Å². The van der Waals surface area contributed by atoms with E-state index < -0.39 is 0 Å². The van der Waals surface area contributed by atoms with Gasteiger partial charge in [-0.15, -0.1) is 0 Å². The Morgan fingerprint density at radius 3 is 2.56 bits per heavy atom. The highest BCUT2D eigenvalue weighted by atomic mass is 15.3. The van der Waals surface area contributed by atoms with E-state index in [1.165, 1.54) is 6.42 Å². The van der Waals surface area contributed by atoms with Crippen LogP contribution in [0.5, 0.6) is 0 Å². The fourth-order valence-corrected chi connectivity index (χ4v) is 1.81. The minimum absolute atomic E-state index is 0.241. The summed E-state index contributed by atoms with van der Waals surface area (Å²) in [7, 11) is 0. The van der Waals surface area contributed by atoms with Crippen LogP contribution in [0.2, 0.25) is 0 Å². The fraction of sp³-hybridized carbons (Fsp3) is 0.769. The zero-order valence-corrected chi connectivity index (χ0v) is 11.0.